The molecule has 1 saturated heterocycles. The molecular formula is C22H25NO3S. The van der Waals surface area contributed by atoms with E-state index in [1.54, 1.807) is 17.1 Å². The van der Waals surface area contributed by atoms with Gasteiger partial charge < -0.3 is 4.90 Å². The highest BCUT2D eigenvalue weighted by Crippen LogP contribution is 2.21. The molecule has 0 spiro atoms. The van der Waals surface area contributed by atoms with Crippen molar-refractivity contribution >= 4 is 21.8 Å². The Balaban J connectivity index is 1.80. The Morgan fingerprint density at radius 3 is 2.33 bits per heavy atom. The minimum absolute atomic E-state index is 0.0466. The second-order valence-corrected chi connectivity index (χ2v) is 9.17. The van der Waals surface area contributed by atoms with Crippen LogP contribution in [-0.4, -0.2) is 36.8 Å². The molecule has 0 bridgehead atoms. The summed E-state index contributed by atoms with van der Waals surface area (Å²) in [6, 6.07) is 17.5. The van der Waals surface area contributed by atoms with Crippen molar-refractivity contribution in [1.82, 2.24) is 4.90 Å². The van der Waals surface area contributed by atoms with Crippen LogP contribution < -0.4 is 0 Å². The number of aryl methyl sites for hydroxylation is 1. The lowest BCUT2D eigenvalue weighted by Gasteiger charge is -2.27. The monoisotopic (exact) mass is 383 g/mol. The van der Waals surface area contributed by atoms with Crippen molar-refractivity contribution in [2.45, 2.75) is 32.4 Å². The van der Waals surface area contributed by atoms with E-state index in [2.05, 4.69) is 19.1 Å². The molecule has 1 aliphatic heterocycles. The molecule has 5 heteroatoms. The standard InChI is InChI=1S/C22H25NO3S/c1-2-18-8-10-20(11-9-18)16-23(21-14-15-27(25,26)17-21)22(24)13-12-19-6-4-3-5-7-19/h3-13,21H,2,14-17H2,1H3/b13-12+. The third-order valence-electron chi connectivity index (χ3n) is 4.93. The predicted octanol–water partition coefficient (Wildman–Crippen LogP) is 3.48. The molecular weight excluding hydrogens is 358 g/mol. The van der Waals surface area contributed by atoms with E-state index in [1.807, 2.05) is 42.5 Å². The summed E-state index contributed by atoms with van der Waals surface area (Å²) in [5.74, 6) is 0.0457. The topological polar surface area (TPSA) is 54.5 Å². The molecule has 1 amide bonds. The van der Waals surface area contributed by atoms with Gasteiger partial charge >= 0.3 is 0 Å². The van der Waals surface area contributed by atoms with Gasteiger partial charge in [-0.25, -0.2) is 8.42 Å². The van der Waals surface area contributed by atoms with Crippen molar-refractivity contribution in [2.24, 2.45) is 0 Å². The van der Waals surface area contributed by atoms with Crippen LogP contribution in [0.4, 0.5) is 0 Å². The zero-order valence-corrected chi connectivity index (χ0v) is 16.4. The molecule has 0 radical (unpaired) electrons. The van der Waals surface area contributed by atoms with E-state index < -0.39 is 9.84 Å². The van der Waals surface area contributed by atoms with E-state index in [9.17, 15) is 13.2 Å². The Labute approximate surface area is 161 Å². The summed E-state index contributed by atoms with van der Waals surface area (Å²) >= 11 is 0. The van der Waals surface area contributed by atoms with Gasteiger partial charge in [-0.2, -0.15) is 0 Å². The van der Waals surface area contributed by atoms with Crippen LogP contribution in [0.2, 0.25) is 0 Å². The third-order valence-corrected chi connectivity index (χ3v) is 6.68. The molecule has 3 rings (SSSR count). The van der Waals surface area contributed by atoms with Gasteiger partial charge in [-0.05, 0) is 35.6 Å². The van der Waals surface area contributed by atoms with E-state index in [0.717, 1.165) is 17.5 Å². The highest BCUT2D eigenvalue weighted by atomic mass is 32.2. The highest BCUT2D eigenvalue weighted by molar-refractivity contribution is 7.91. The fourth-order valence-corrected chi connectivity index (χ4v) is 5.04. The van der Waals surface area contributed by atoms with Gasteiger partial charge in [0.05, 0.1) is 11.5 Å². The van der Waals surface area contributed by atoms with Crippen molar-refractivity contribution in [2.75, 3.05) is 11.5 Å². The first-order valence-electron chi connectivity index (χ1n) is 9.29. The van der Waals surface area contributed by atoms with Crippen molar-refractivity contribution < 1.29 is 13.2 Å². The SMILES string of the molecule is CCc1ccc(CN(C(=O)/C=C/c2ccccc2)C2CCS(=O)(=O)C2)cc1. The molecule has 1 fully saturated rings. The molecule has 142 valence electrons. The van der Waals surface area contributed by atoms with Crippen LogP contribution in [-0.2, 0) is 27.6 Å². The van der Waals surface area contributed by atoms with Crippen molar-refractivity contribution in [3.63, 3.8) is 0 Å². The molecule has 4 nitrogen and oxygen atoms in total. The molecule has 2 aromatic carbocycles. The van der Waals surface area contributed by atoms with E-state index in [4.69, 9.17) is 0 Å². The summed E-state index contributed by atoms with van der Waals surface area (Å²) in [7, 11) is -3.06. The molecule has 0 saturated carbocycles. The minimum atomic E-state index is -3.06. The van der Waals surface area contributed by atoms with Gasteiger partial charge in [0.2, 0.25) is 5.91 Å². The summed E-state index contributed by atoms with van der Waals surface area (Å²) in [6.07, 6.45) is 4.78. The lowest BCUT2D eigenvalue weighted by atomic mass is 10.1. The number of hydrogen-bond donors (Lipinski definition) is 0. The van der Waals surface area contributed by atoms with E-state index in [0.29, 0.717) is 13.0 Å². The molecule has 1 atom stereocenters. The molecule has 0 N–H and O–H groups in total. The van der Waals surface area contributed by atoms with E-state index in [-0.39, 0.29) is 23.5 Å². The largest absolute Gasteiger partial charge is 0.331 e. The van der Waals surface area contributed by atoms with Crippen molar-refractivity contribution in [3.8, 4) is 0 Å². The second-order valence-electron chi connectivity index (χ2n) is 6.94. The Morgan fingerprint density at radius 2 is 1.74 bits per heavy atom. The number of rotatable bonds is 6. The number of carbonyl (C=O) groups is 1. The fourth-order valence-electron chi connectivity index (χ4n) is 3.31. The molecule has 1 unspecified atom stereocenters. The molecule has 1 heterocycles. The first-order chi connectivity index (χ1) is 13.0. The quantitative estimate of drug-likeness (QED) is 0.718. The van der Waals surface area contributed by atoms with Crippen LogP contribution >= 0.6 is 0 Å². The van der Waals surface area contributed by atoms with Gasteiger partial charge in [0.1, 0.15) is 0 Å². The Morgan fingerprint density at radius 1 is 1.07 bits per heavy atom. The predicted molar refractivity (Wildman–Crippen MR) is 109 cm³/mol. The zero-order chi connectivity index (χ0) is 19.3. The maximum atomic E-state index is 12.9. The molecule has 27 heavy (non-hydrogen) atoms. The van der Waals surface area contributed by atoms with Crippen LogP contribution in [0.15, 0.2) is 60.7 Å². The number of nitrogens with zero attached hydrogens (tertiary/aromatic N) is 1. The van der Waals surface area contributed by atoms with Gasteiger partial charge in [-0.1, -0.05) is 61.5 Å². The van der Waals surface area contributed by atoms with E-state index in [1.165, 1.54) is 5.56 Å². The first-order valence-corrected chi connectivity index (χ1v) is 11.1. The maximum Gasteiger partial charge on any atom is 0.247 e. The molecule has 1 aliphatic rings. The van der Waals surface area contributed by atoms with Crippen molar-refractivity contribution in [1.29, 1.82) is 0 Å². The highest BCUT2D eigenvalue weighted by Gasteiger charge is 2.34. The fraction of sp³-hybridized carbons (Fsp3) is 0.318. The summed E-state index contributed by atoms with van der Waals surface area (Å²) < 4.78 is 23.9. The van der Waals surface area contributed by atoms with Gasteiger partial charge in [-0.3, -0.25) is 4.79 Å². The summed E-state index contributed by atoms with van der Waals surface area (Å²) in [5.41, 5.74) is 3.19. The maximum absolute atomic E-state index is 12.9. The van der Waals surface area contributed by atoms with Crippen LogP contribution in [0.5, 0.6) is 0 Å². The Bertz CT molecular complexity index is 902. The molecule has 0 aliphatic carbocycles. The zero-order valence-electron chi connectivity index (χ0n) is 15.5. The van der Waals surface area contributed by atoms with Gasteiger partial charge in [-0.15, -0.1) is 0 Å². The normalized spacial score (nSPS) is 18.6. The number of amides is 1. The lowest BCUT2D eigenvalue weighted by molar-refractivity contribution is -0.128. The van der Waals surface area contributed by atoms with Gasteiger partial charge in [0.25, 0.3) is 0 Å². The Hall–Kier alpha value is -2.40. The first kappa shape index (κ1) is 19.4. The summed E-state index contributed by atoms with van der Waals surface area (Å²) in [4.78, 5) is 14.6. The second kappa shape index (κ2) is 8.53. The molecule has 2 aromatic rings. The summed E-state index contributed by atoms with van der Waals surface area (Å²) in [6.45, 7) is 2.52. The number of sulfone groups is 1. The van der Waals surface area contributed by atoms with Gasteiger partial charge in [0.15, 0.2) is 9.84 Å². The summed E-state index contributed by atoms with van der Waals surface area (Å²) in [5, 5.41) is 0. The van der Waals surface area contributed by atoms with Crippen LogP contribution in [0.1, 0.15) is 30.0 Å². The number of hydrogen-bond acceptors (Lipinski definition) is 3. The van der Waals surface area contributed by atoms with E-state index >= 15 is 0 Å². The number of benzene rings is 2. The number of carbonyl (C=O) groups excluding carboxylic acids is 1. The minimum Gasteiger partial charge on any atom is -0.331 e. The van der Waals surface area contributed by atoms with Gasteiger partial charge in [0, 0.05) is 18.7 Å². The average molecular weight is 384 g/mol. The average Bonchev–Trinajstić information content (AvgIpc) is 3.05. The van der Waals surface area contributed by atoms with Crippen LogP contribution in [0, 0.1) is 0 Å². The third kappa shape index (κ3) is 5.30. The lowest BCUT2D eigenvalue weighted by Crippen LogP contribution is -2.39. The van der Waals surface area contributed by atoms with Crippen LogP contribution in [0.25, 0.3) is 6.08 Å². The Kier molecular flexibility index (Phi) is 6.11. The van der Waals surface area contributed by atoms with Crippen LogP contribution in [0.3, 0.4) is 0 Å². The molecule has 0 aromatic heterocycles. The smallest absolute Gasteiger partial charge is 0.247 e. The van der Waals surface area contributed by atoms with Crippen molar-refractivity contribution in [3.05, 3.63) is 77.4 Å².